The highest BCUT2D eigenvalue weighted by Crippen LogP contribution is 2.21. The molecule has 0 aromatic heterocycles. The van der Waals surface area contributed by atoms with E-state index in [1.807, 2.05) is 0 Å². The van der Waals surface area contributed by atoms with E-state index in [0.29, 0.717) is 5.57 Å². The van der Waals surface area contributed by atoms with Crippen molar-refractivity contribution in [3.8, 4) is 0 Å². The first-order chi connectivity index (χ1) is 7.74. The molecule has 0 aliphatic heterocycles. The Labute approximate surface area is 100 Å². The number of hydrogen-bond acceptors (Lipinski definition) is 3. The van der Waals surface area contributed by atoms with E-state index in [2.05, 4.69) is 11.3 Å². The first-order valence-electron chi connectivity index (χ1n) is 4.93. The SMILES string of the molecule is C=C(C)CNS(=O)(=O)c1cc(N)cc(C)c1F. The van der Waals surface area contributed by atoms with E-state index >= 15 is 0 Å². The Hall–Kier alpha value is -1.40. The van der Waals surface area contributed by atoms with Crippen LogP contribution in [0.3, 0.4) is 0 Å². The Balaban J connectivity index is 3.19. The number of nitrogens with two attached hydrogens (primary N) is 1. The lowest BCUT2D eigenvalue weighted by Crippen LogP contribution is -2.26. The van der Waals surface area contributed by atoms with Crippen LogP contribution in [0.4, 0.5) is 10.1 Å². The van der Waals surface area contributed by atoms with Crippen molar-refractivity contribution in [2.24, 2.45) is 0 Å². The number of aryl methyl sites for hydroxylation is 1. The van der Waals surface area contributed by atoms with Crippen LogP contribution in [0.1, 0.15) is 12.5 Å². The van der Waals surface area contributed by atoms with Gasteiger partial charge in [0.25, 0.3) is 0 Å². The number of benzene rings is 1. The van der Waals surface area contributed by atoms with E-state index in [9.17, 15) is 12.8 Å². The highest BCUT2D eigenvalue weighted by atomic mass is 32.2. The minimum Gasteiger partial charge on any atom is -0.399 e. The number of halogens is 1. The molecule has 0 fully saturated rings. The molecule has 0 heterocycles. The van der Waals surface area contributed by atoms with Gasteiger partial charge in [0.15, 0.2) is 0 Å². The molecule has 3 N–H and O–H groups in total. The van der Waals surface area contributed by atoms with E-state index in [-0.39, 0.29) is 17.8 Å². The van der Waals surface area contributed by atoms with Crippen molar-refractivity contribution < 1.29 is 12.8 Å². The van der Waals surface area contributed by atoms with Gasteiger partial charge in [0, 0.05) is 12.2 Å². The summed E-state index contributed by atoms with van der Waals surface area (Å²) in [5, 5.41) is 0. The molecule has 6 heteroatoms. The maximum atomic E-state index is 13.7. The molecule has 0 amide bonds. The largest absolute Gasteiger partial charge is 0.399 e. The Kier molecular flexibility index (Phi) is 3.90. The van der Waals surface area contributed by atoms with E-state index < -0.39 is 20.7 Å². The Morgan fingerprint density at radius 1 is 1.53 bits per heavy atom. The van der Waals surface area contributed by atoms with Gasteiger partial charge in [-0.25, -0.2) is 17.5 Å². The normalized spacial score (nSPS) is 11.5. The van der Waals surface area contributed by atoms with Gasteiger partial charge >= 0.3 is 0 Å². The average Bonchev–Trinajstić information content (AvgIpc) is 2.20. The highest BCUT2D eigenvalue weighted by molar-refractivity contribution is 7.89. The summed E-state index contributed by atoms with van der Waals surface area (Å²) in [5.41, 5.74) is 6.54. The lowest BCUT2D eigenvalue weighted by Gasteiger charge is -2.10. The van der Waals surface area contributed by atoms with Gasteiger partial charge in [0.1, 0.15) is 10.7 Å². The summed E-state index contributed by atoms with van der Waals surface area (Å²) in [4.78, 5) is -0.434. The van der Waals surface area contributed by atoms with Gasteiger partial charge < -0.3 is 5.73 Å². The Bertz CT molecular complexity index is 553. The van der Waals surface area contributed by atoms with Crippen molar-refractivity contribution in [2.45, 2.75) is 18.7 Å². The number of nitrogens with one attached hydrogen (secondary N) is 1. The lowest BCUT2D eigenvalue weighted by molar-refractivity contribution is 0.555. The number of sulfonamides is 1. The molecule has 0 spiro atoms. The first kappa shape index (κ1) is 13.7. The average molecular weight is 258 g/mol. The maximum absolute atomic E-state index is 13.7. The van der Waals surface area contributed by atoms with Crippen LogP contribution in [0.5, 0.6) is 0 Å². The van der Waals surface area contributed by atoms with Gasteiger partial charge in [0.2, 0.25) is 10.0 Å². The summed E-state index contributed by atoms with van der Waals surface area (Å²) in [6.45, 7) is 6.76. The van der Waals surface area contributed by atoms with Gasteiger partial charge in [-0.15, -0.1) is 0 Å². The highest BCUT2D eigenvalue weighted by Gasteiger charge is 2.20. The zero-order valence-electron chi connectivity index (χ0n) is 9.75. The van der Waals surface area contributed by atoms with E-state index in [0.717, 1.165) is 6.07 Å². The fourth-order valence-electron chi connectivity index (χ4n) is 1.26. The minimum absolute atomic E-state index is 0.0651. The topological polar surface area (TPSA) is 72.2 Å². The molecule has 0 radical (unpaired) electrons. The van der Waals surface area contributed by atoms with Gasteiger partial charge in [-0.1, -0.05) is 12.2 Å². The van der Waals surface area contributed by atoms with Crippen LogP contribution < -0.4 is 10.5 Å². The van der Waals surface area contributed by atoms with Crippen LogP contribution in [-0.2, 0) is 10.0 Å². The number of hydrogen-bond donors (Lipinski definition) is 2. The zero-order chi connectivity index (χ0) is 13.2. The summed E-state index contributed by atoms with van der Waals surface area (Å²) in [7, 11) is -3.90. The molecule has 1 rings (SSSR count). The molecular weight excluding hydrogens is 243 g/mol. The van der Waals surface area contributed by atoms with E-state index in [1.165, 1.54) is 13.0 Å². The Morgan fingerprint density at radius 3 is 2.65 bits per heavy atom. The smallest absolute Gasteiger partial charge is 0.243 e. The van der Waals surface area contributed by atoms with E-state index in [4.69, 9.17) is 5.73 Å². The summed E-state index contributed by atoms with van der Waals surface area (Å²) in [6, 6.07) is 2.48. The monoisotopic (exact) mass is 258 g/mol. The standard InChI is InChI=1S/C11H15FN2O2S/c1-7(2)6-14-17(15,16)10-5-9(13)4-8(3)11(10)12/h4-5,14H,1,6,13H2,2-3H3. The molecule has 0 unspecified atom stereocenters. The predicted molar refractivity (Wildman–Crippen MR) is 65.6 cm³/mol. The fourth-order valence-corrected chi connectivity index (χ4v) is 2.54. The fraction of sp³-hybridized carbons (Fsp3) is 0.273. The second kappa shape index (κ2) is 4.85. The van der Waals surface area contributed by atoms with E-state index in [1.54, 1.807) is 6.92 Å². The zero-order valence-corrected chi connectivity index (χ0v) is 10.6. The van der Waals surface area contributed by atoms with Crippen LogP contribution in [0.2, 0.25) is 0 Å². The van der Waals surface area contributed by atoms with Crippen LogP contribution in [0, 0.1) is 12.7 Å². The number of rotatable bonds is 4. The second-order valence-corrected chi connectivity index (χ2v) is 5.67. The van der Waals surface area contributed by atoms with Crippen molar-refractivity contribution >= 4 is 15.7 Å². The Morgan fingerprint density at radius 2 is 2.12 bits per heavy atom. The van der Waals surface area contributed by atoms with Crippen LogP contribution in [0.25, 0.3) is 0 Å². The van der Waals surface area contributed by atoms with Gasteiger partial charge in [-0.3, -0.25) is 0 Å². The molecule has 0 bridgehead atoms. The molecule has 1 aromatic rings. The molecule has 0 saturated carbocycles. The maximum Gasteiger partial charge on any atom is 0.243 e. The molecule has 0 saturated heterocycles. The van der Waals surface area contributed by atoms with Crippen molar-refractivity contribution in [1.29, 1.82) is 0 Å². The third-order valence-corrected chi connectivity index (χ3v) is 3.50. The van der Waals surface area contributed by atoms with Gasteiger partial charge in [0.05, 0.1) is 0 Å². The van der Waals surface area contributed by atoms with Crippen LogP contribution >= 0.6 is 0 Å². The molecule has 0 atom stereocenters. The molecule has 17 heavy (non-hydrogen) atoms. The molecule has 0 aliphatic rings. The third-order valence-electron chi connectivity index (χ3n) is 2.10. The predicted octanol–water partition coefficient (Wildman–Crippen LogP) is 1.57. The number of anilines is 1. The van der Waals surface area contributed by atoms with Crippen molar-refractivity contribution in [3.05, 3.63) is 35.7 Å². The molecule has 1 aromatic carbocycles. The molecule has 4 nitrogen and oxygen atoms in total. The summed E-state index contributed by atoms with van der Waals surface area (Å²) >= 11 is 0. The molecular formula is C11H15FN2O2S. The minimum atomic E-state index is -3.90. The first-order valence-corrected chi connectivity index (χ1v) is 6.42. The second-order valence-electron chi connectivity index (χ2n) is 3.93. The summed E-state index contributed by atoms with van der Waals surface area (Å²) in [5.74, 6) is -0.784. The van der Waals surface area contributed by atoms with Crippen LogP contribution in [-0.4, -0.2) is 15.0 Å². The van der Waals surface area contributed by atoms with Gasteiger partial charge in [-0.2, -0.15) is 0 Å². The third kappa shape index (κ3) is 3.28. The molecule has 0 aliphatic carbocycles. The number of nitrogen functional groups attached to an aromatic ring is 1. The summed E-state index contributed by atoms with van der Waals surface area (Å²) < 4.78 is 39.6. The van der Waals surface area contributed by atoms with Gasteiger partial charge in [-0.05, 0) is 31.5 Å². The van der Waals surface area contributed by atoms with Crippen molar-refractivity contribution in [1.82, 2.24) is 4.72 Å². The van der Waals surface area contributed by atoms with Crippen molar-refractivity contribution in [3.63, 3.8) is 0 Å². The lowest BCUT2D eigenvalue weighted by atomic mass is 10.2. The molecule has 94 valence electrons. The van der Waals surface area contributed by atoms with Crippen molar-refractivity contribution in [2.75, 3.05) is 12.3 Å². The van der Waals surface area contributed by atoms with Crippen LogP contribution in [0.15, 0.2) is 29.2 Å². The summed E-state index contributed by atoms with van der Waals surface area (Å²) in [6.07, 6.45) is 0. The quantitative estimate of drug-likeness (QED) is 0.636.